The molecule has 0 bridgehead atoms. The molecule has 1 fully saturated rings. The number of rotatable bonds is 5. The number of likely N-dealkylation sites (N-methyl/N-ethyl adjacent to an activating group) is 1. The first-order chi connectivity index (χ1) is 8.74. The van der Waals surface area contributed by atoms with Crippen molar-refractivity contribution in [2.24, 2.45) is 0 Å². The smallest absolute Gasteiger partial charge is 0.228 e. The highest BCUT2D eigenvalue weighted by atomic mass is 32.2. The number of aromatic nitrogens is 2. The van der Waals surface area contributed by atoms with Crippen molar-refractivity contribution in [3.63, 3.8) is 0 Å². The van der Waals surface area contributed by atoms with Crippen LogP contribution in [-0.4, -0.2) is 53.2 Å². The zero-order valence-corrected chi connectivity index (χ0v) is 12.2. The predicted molar refractivity (Wildman–Crippen MR) is 73.8 cm³/mol. The van der Waals surface area contributed by atoms with Gasteiger partial charge in [-0.15, -0.1) is 0 Å². The monoisotopic (exact) mass is 270 g/mol. The lowest BCUT2D eigenvalue weighted by atomic mass is 10.1. The van der Waals surface area contributed by atoms with Crippen LogP contribution >= 0.6 is 11.8 Å². The maximum atomic E-state index is 5.36. The third-order valence-electron chi connectivity index (χ3n) is 3.50. The molecule has 1 aliphatic heterocycles. The molecule has 2 atom stereocenters. The minimum atomic E-state index is 0.302. The molecule has 0 saturated carbocycles. The van der Waals surface area contributed by atoms with E-state index in [-0.39, 0.29) is 0 Å². The molecule has 2 rings (SSSR count). The van der Waals surface area contributed by atoms with Gasteiger partial charge in [-0.2, -0.15) is 16.7 Å². The maximum Gasteiger partial charge on any atom is 0.228 e. The molecule has 0 radical (unpaired) electrons. The van der Waals surface area contributed by atoms with Gasteiger partial charge in [-0.25, -0.2) is 0 Å². The minimum absolute atomic E-state index is 0.302. The Hall–Kier alpha value is -0.590. The van der Waals surface area contributed by atoms with E-state index < -0.39 is 0 Å². The average Bonchev–Trinajstić information content (AvgIpc) is 2.85. The molecule has 1 N–H and O–H groups in total. The van der Waals surface area contributed by atoms with Crippen molar-refractivity contribution in [1.82, 2.24) is 20.4 Å². The van der Waals surface area contributed by atoms with Gasteiger partial charge in [0.15, 0.2) is 5.82 Å². The van der Waals surface area contributed by atoms with E-state index in [4.69, 9.17) is 4.52 Å². The molecular weight excluding hydrogens is 248 g/mol. The van der Waals surface area contributed by atoms with Crippen LogP contribution in [0.2, 0.25) is 0 Å². The molecule has 18 heavy (non-hydrogen) atoms. The summed E-state index contributed by atoms with van der Waals surface area (Å²) in [6.07, 6.45) is 1.87. The van der Waals surface area contributed by atoms with Gasteiger partial charge in [0.05, 0.1) is 6.04 Å². The number of thioether (sulfide) groups is 1. The van der Waals surface area contributed by atoms with E-state index in [9.17, 15) is 0 Å². The lowest BCUT2D eigenvalue weighted by molar-refractivity contribution is 0.256. The van der Waals surface area contributed by atoms with Crippen LogP contribution in [0.3, 0.4) is 0 Å². The largest absolute Gasteiger partial charge is 0.339 e. The Morgan fingerprint density at radius 1 is 1.61 bits per heavy atom. The first-order valence-corrected chi connectivity index (χ1v) is 7.67. The zero-order valence-electron chi connectivity index (χ0n) is 11.3. The van der Waals surface area contributed by atoms with Gasteiger partial charge in [-0.05, 0) is 20.5 Å². The van der Waals surface area contributed by atoms with Crippen LogP contribution in [0.5, 0.6) is 0 Å². The van der Waals surface area contributed by atoms with Gasteiger partial charge in [-0.1, -0.05) is 12.1 Å². The van der Waals surface area contributed by atoms with Crippen LogP contribution in [0.4, 0.5) is 0 Å². The molecule has 1 aliphatic rings. The predicted octanol–water partition coefficient (Wildman–Crippen LogP) is 1.33. The molecule has 0 aromatic carbocycles. The molecule has 1 aromatic rings. The lowest BCUT2D eigenvalue weighted by Crippen LogP contribution is -2.33. The fourth-order valence-electron chi connectivity index (χ4n) is 2.11. The van der Waals surface area contributed by atoms with Crippen molar-refractivity contribution < 1.29 is 4.52 Å². The van der Waals surface area contributed by atoms with Gasteiger partial charge >= 0.3 is 0 Å². The van der Waals surface area contributed by atoms with Gasteiger partial charge in [0.1, 0.15) is 0 Å². The van der Waals surface area contributed by atoms with E-state index in [1.807, 2.05) is 18.8 Å². The van der Waals surface area contributed by atoms with E-state index in [2.05, 4.69) is 34.3 Å². The Bertz CT molecular complexity index is 367. The summed E-state index contributed by atoms with van der Waals surface area (Å²) >= 11 is 1.96. The second-order valence-corrected chi connectivity index (χ2v) is 5.87. The van der Waals surface area contributed by atoms with Crippen molar-refractivity contribution in [3.05, 3.63) is 11.7 Å². The van der Waals surface area contributed by atoms with Gasteiger partial charge in [0.2, 0.25) is 5.89 Å². The van der Waals surface area contributed by atoms with Gasteiger partial charge in [0, 0.05) is 30.5 Å². The van der Waals surface area contributed by atoms with Crippen molar-refractivity contribution >= 4 is 11.8 Å². The summed E-state index contributed by atoms with van der Waals surface area (Å²) in [5, 5.41) is 7.40. The van der Waals surface area contributed by atoms with Crippen molar-refractivity contribution in [2.45, 2.75) is 31.8 Å². The van der Waals surface area contributed by atoms with Gasteiger partial charge < -0.3 is 9.84 Å². The first kappa shape index (κ1) is 13.8. The molecule has 2 unspecified atom stereocenters. The second-order valence-electron chi connectivity index (χ2n) is 4.72. The van der Waals surface area contributed by atoms with E-state index in [0.717, 1.165) is 36.9 Å². The molecule has 1 aromatic heterocycles. The molecule has 5 nitrogen and oxygen atoms in total. The van der Waals surface area contributed by atoms with E-state index in [0.29, 0.717) is 12.1 Å². The number of nitrogens with zero attached hydrogens (tertiary/aromatic N) is 3. The quantitative estimate of drug-likeness (QED) is 0.871. The van der Waals surface area contributed by atoms with Crippen molar-refractivity contribution in [3.8, 4) is 0 Å². The molecule has 0 spiro atoms. The highest BCUT2D eigenvalue weighted by Gasteiger charge is 2.26. The normalized spacial score (nSPS) is 23.2. The molecular formula is C12H22N4OS. The maximum absolute atomic E-state index is 5.36. The minimum Gasteiger partial charge on any atom is -0.339 e. The van der Waals surface area contributed by atoms with Gasteiger partial charge in [0.25, 0.3) is 0 Å². The molecule has 0 amide bonds. The molecule has 2 heterocycles. The number of hydrogen-bond acceptors (Lipinski definition) is 6. The number of hydrogen-bond donors (Lipinski definition) is 1. The Morgan fingerprint density at radius 3 is 3.11 bits per heavy atom. The molecule has 0 aliphatic carbocycles. The van der Waals surface area contributed by atoms with Crippen LogP contribution in [0, 0.1) is 0 Å². The van der Waals surface area contributed by atoms with Crippen molar-refractivity contribution in [1.29, 1.82) is 0 Å². The van der Waals surface area contributed by atoms with Crippen LogP contribution in [-0.2, 0) is 6.42 Å². The summed E-state index contributed by atoms with van der Waals surface area (Å²) in [7, 11) is 4.10. The molecule has 102 valence electrons. The molecule has 1 saturated heterocycles. The highest BCUT2D eigenvalue weighted by molar-refractivity contribution is 7.99. The molecule has 6 heteroatoms. The summed E-state index contributed by atoms with van der Waals surface area (Å²) in [6.45, 7) is 3.25. The van der Waals surface area contributed by atoms with Crippen LogP contribution in [0.25, 0.3) is 0 Å². The topological polar surface area (TPSA) is 54.2 Å². The first-order valence-electron chi connectivity index (χ1n) is 6.52. The summed E-state index contributed by atoms with van der Waals surface area (Å²) in [6, 6.07) is 0.715. The van der Waals surface area contributed by atoms with E-state index in [1.165, 1.54) is 5.75 Å². The Kier molecular flexibility index (Phi) is 5.03. The van der Waals surface area contributed by atoms with Crippen molar-refractivity contribution in [2.75, 3.05) is 32.1 Å². The second kappa shape index (κ2) is 6.54. The third-order valence-corrected chi connectivity index (χ3v) is 4.52. The fraction of sp³-hybridized carbons (Fsp3) is 0.833. The van der Waals surface area contributed by atoms with Crippen LogP contribution < -0.4 is 5.32 Å². The van der Waals surface area contributed by atoms with E-state index in [1.54, 1.807) is 0 Å². The highest BCUT2D eigenvalue weighted by Crippen LogP contribution is 2.26. The van der Waals surface area contributed by atoms with E-state index >= 15 is 0 Å². The van der Waals surface area contributed by atoms with Crippen LogP contribution in [0.15, 0.2) is 4.52 Å². The Labute approximate surface area is 113 Å². The lowest BCUT2D eigenvalue weighted by Gasteiger charge is -2.29. The SMILES string of the molecule is CCC(Cc1nc(C2CSCCN2C)no1)NC. The van der Waals surface area contributed by atoms with Crippen LogP contribution in [0.1, 0.15) is 31.1 Å². The Morgan fingerprint density at radius 2 is 2.44 bits per heavy atom. The summed E-state index contributed by atoms with van der Waals surface area (Å²) < 4.78 is 5.36. The summed E-state index contributed by atoms with van der Waals surface area (Å²) in [5.74, 6) is 3.83. The fourth-order valence-corrected chi connectivity index (χ4v) is 3.32. The average molecular weight is 270 g/mol. The zero-order chi connectivity index (χ0) is 13.0. The summed E-state index contributed by atoms with van der Waals surface area (Å²) in [4.78, 5) is 6.85. The van der Waals surface area contributed by atoms with Gasteiger partial charge in [-0.3, -0.25) is 4.90 Å². The Balaban J connectivity index is 2.00. The summed E-state index contributed by atoms with van der Waals surface area (Å²) in [5.41, 5.74) is 0. The third kappa shape index (κ3) is 3.24. The number of nitrogens with one attached hydrogen (secondary N) is 1. The standard InChI is InChI=1S/C12H22N4OS/c1-4-9(13-2)7-11-14-12(15-17-11)10-8-18-6-5-16(10)3/h9-10,13H,4-8H2,1-3H3.